The van der Waals surface area contributed by atoms with Crippen LogP contribution in [0, 0.1) is 0 Å². The summed E-state index contributed by atoms with van der Waals surface area (Å²) in [7, 11) is 0. The second-order valence-electron chi connectivity index (χ2n) is 5.92. The van der Waals surface area contributed by atoms with Crippen molar-refractivity contribution in [2.24, 2.45) is 0 Å². The molecule has 0 aliphatic carbocycles. The van der Waals surface area contributed by atoms with E-state index in [-0.39, 0.29) is 17.7 Å². The lowest BCUT2D eigenvalue weighted by atomic mass is 10.1. The first kappa shape index (κ1) is 24.2. The van der Waals surface area contributed by atoms with Crippen molar-refractivity contribution in [1.82, 2.24) is 10.3 Å². The molecule has 166 valence electrons. The van der Waals surface area contributed by atoms with E-state index >= 15 is 0 Å². The number of carbonyl (C=O) groups is 1. The van der Waals surface area contributed by atoms with E-state index in [2.05, 4.69) is 15.0 Å². The first-order chi connectivity index (χ1) is 14.9. The van der Waals surface area contributed by atoms with Crippen molar-refractivity contribution < 1.29 is 27.4 Å². The fraction of sp³-hybridized carbons (Fsp3) is 0.273. The molecule has 1 aromatic carbocycles. The number of hydrogen-bond acceptors (Lipinski definition) is 5. The third-order valence-electron chi connectivity index (χ3n) is 3.86. The molecule has 1 aliphatic heterocycles. The lowest BCUT2D eigenvalue weighted by molar-refractivity contribution is -0.274. The Morgan fingerprint density at radius 2 is 1.90 bits per heavy atom. The molecule has 1 atom stereocenters. The van der Waals surface area contributed by atoms with Crippen molar-refractivity contribution in [1.29, 1.82) is 0 Å². The molecule has 1 aliphatic rings. The maximum Gasteiger partial charge on any atom is 0.573 e. The van der Waals surface area contributed by atoms with Crippen molar-refractivity contribution in [3.8, 4) is 11.5 Å². The highest BCUT2D eigenvalue weighted by molar-refractivity contribution is 7.08. The number of rotatable bonds is 3. The van der Waals surface area contributed by atoms with Crippen molar-refractivity contribution >= 4 is 17.2 Å². The summed E-state index contributed by atoms with van der Waals surface area (Å²) in [5.41, 5.74) is 1.51. The number of pyridine rings is 1. The van der Waals surface area contributed by atoms with Crippen LogP contribution in [0.1, 0.15) is 42.4 Å². The highest BCUT2D eigenvalue weighted by Crippen LogP contribution is 2.29. The second kappa shape index (κ2) is 11.9. The zero-order chi connectivity index (χ0) is 22.7. The second-order valence-corrected chi connectivity index (χ2v) is 6.70. The number of para-hydroxylation sites is 1. The quantitative estimate of drug-likeness (QED) is 0.529. The Labute approximate surface area is 182 Å². The number of benzene rings is 1. The normalized spacial score (nSPS) is 14.4. The Morgan fingerprint density at radius 1 is 1.16 bits per heavy atom. The topological polar surface area (TPSA) is 60.5 Å². The number of carbonyl (C=O) groups excluding carboxylic acids is 1. The molecule has 4 rings (SSSR count). The summed E-state index contributed by atoms with van der Waals surface area (Å²) in [6.45, 7) is 4.60. The third kappa shape index (κ3) is 7.93. The Morgan fingerprint density at radius 3 is 2.55 bits per heavy atom. The van der Waals surface area contributed by atoms with E-state index in [0.29, 0.717) is 12.2 Å². The van der Waals surface area contributed by atoms with E-state index in [4.69, 9.17) is 4.74 Å². The summed E-state index contributed by atoms with van der Waals surface area (Å²) in [4.78, 5) is 16.3. The molecule has 2 aromatic heterocycles. The lowest BCUT2D eigenvalue weighted by Gasteiger charge is -2.25. The molecule has 0 saturated carbocycles. The number of amides is 1. The van der Waals surface area contributed by atoms with Crippen molar-refractivity contribution in [2.75, 3.05) is 6.61 Å². The predicted octanol–water partition coefficient (Wildman–Crippen LogP) is 6.01. The molecule has 1 amide bonds. The fourth-order valence-electron chi connectivity index (χ4n) is 2.61. The molecule has 9 heteroatoms. The summed E-state index contributed by atoms with van der Waals surface area (Å²) in [6.07, 6.45) is -2.13. The van der Waals surface area contributed by atoms with Crippen LogP contribution in [0.2, 0.25) is 0 Å². The van der Waals surface area contributed by atoms with Gasteiger partial charge in [0.15, 0.2) is 0 Å². The minimum absolute atomic E-state index is 0.0558. The van der Waals surface area contributed by atoms with Crippen LogP contribution in [0.5, 0.6) is 11.5 Å². The van der Waals surface area contributed by atoms with Crippen LogP contribution in [0.15, 0.2) is 65.5 Å². The van der Waals surface area contributed by atoms with E-state index in [1.807, 2.05) is 42.8 Å². The van der Waals surface area contributed by atoms with Crippen LogP contribution in [0.4, 0.5) is 13.2 Å². The summed E-state index contributed by atoms with van der Waals surface area (Å²) in [5.74, 6) is 0.513. The van der Waals surface area contributed by atoms with Gasteiger partial charge in [-0.1, -0.05) is 32.0 Å². The number of aromatic nitrogens is 1. The number of alkyl halides is 3. The van der Waals surface area contributed by atoms with Gasteiger partial charge in [0.25, 0.3) is 5.91 Å². The molecule has 3 heterocycles. The Hall–Kier alpha value is -3.07. The van der Waals surface area contributed by atoms with E-state index in [0.717, 1.165) is 17.9 Å². The van der Waals surface area contributed by atoms with Gasteiger partial charge in [-0.15, -0.1) is 13.2 Å². The SMILES string of the molecule is CC.FC(F)(F)Oc1ccccc1.O=C(NC1CCOc2cccnc21)c1ccsc1. The highest BCUT2D eigenvalue weighted by atomic mass is 32.1. The molecule has 5 nitrogen and oxygen atoms in total. The monoisotopic (exact) mass is 452 g/mol. The number of nitrogens with zero attached hydrogens (tertiary/aromatic N) is 1. The van der Waals surface area contributed by atoms with Crippen molar-refractivity contribution in [2.45, 2.75) is 32.7 Å². The minimum Gasteiger partial charge on any atom is -0.491 e. The molecule has 1 unspecified atom stereocenters. The molecule has 0 spiro atoms. The van der Waals surface area contributed by atoms with Crippen LogP contribution in [0.25, 0.3) is 0 Å². The Bertz CT molecular complexity index is 919. The number of halogens is 3. The van der Waals surface area contributed by atoms with Gasteiger partial charge in [0.1, 0.15) is 17.2 Å². The van der Waals surface area contributed by atoms with Gasteiger partial charge in [0.05, 0.1) is 18.2 Å². The van der Waals surface area contributed by atoms with Crippen LogP contribution in [0.3, 0.4) is 0 Å². The van der Waals surface area contributed by atoms with Crippen LogP contribution < -0.4 is 14.8 Å². The number of hydrogen-bond donors (Lipinski definition) is 1. The van der Waals surface area contributed by atoms with Crippen molar-refractivity contribution in [3.05, 3.63) is 76.7 Å². The van der Waals surface area contributed by atoms with E-state index in [1.54, 1.807) is 12.3 Å². The molecule has 0 bridgehead atoms. The molecule has 31 heavy (non-hydrogen) atoms. The number of ether oxygens (including phenoxy) is 2. The van der Waals surface area contributed by atoms with Gasteiger partial charge in [-0.05, 0) is 35.7 Å². The van der Waals surface area contributed by atoms with Gasteiger partial charge < -0.3 is 14.8 Å². The van der Waals surface area contributed by atoms with Crippen LogP contribution >= 0.6 is 11.3 Å². The molecular weight excluding hydrogens is 429 g/mol. The first-order valence-electron chi connectivity index (χ1n) is 9.64. The predicted molar refractivity (Wildman–Crippen MR) is 113 cm³/mol. The van der Waals surface area contributed by atoms with Gasteiger partial charge in [0, 0.05) is 18.0 Å². The number of thiophene rings is 1. The molecule has 1 N–H and O–H groups in total. The van der Waals surface area contributed by atoms with Crippen LogP contribution in [-0.4, -0.2) is 23.9 Å². The average Bonchev–Trinajstić information content (AvgIpc) is 3.31. The summed E-state index contributed by atoms with van der Waals surface area (Å²) in [5, 5.41) is 6.74. The minimum atomic E-state index is -4.60. The Balaban J connectivity index is 0.000000226. The van der Waals surface area contributed by atoms with E-state index < -0.39 is 6.36 Å². The fourth-order valence-corrected chi connectivity index (χ4v) is 3.24. The van der Waals surface area contributed by atoms with Gasteiger partial charge in [-0.3, -0.25) is 9.78 Å². The zero-order valence-corrected chi connectivity index (χ0v) is 17.9. The maximum absolute atomic E-state index is 12.0. The first-order valence-corrected chi connectivity index (χ1v) is 10.6. The van der Waals surface area contributed by atoms with Crippen molar-refractivity contribution in [3.63, 3.8) is 0 Å². The van der Waals surface area contributed by atoms with Gasteiger partial charge >= 0.3 is 6.36 Å². The summed E-state index contributed by atoms with van der Waals surface area (Å²) >= 11 is 1.51. The van der Waals surface area contributed by atoms with Crippen LogP contribution in [-0.2, 0) is 0 Å². The molecule has 0 radical (unpaired) electrons. The average molecular weight is 452 g/mol. The molecule has 0 saturated heterocycles. The third-order valence-corrected chi connectivity index (χ3v) is 4.54. The van der Waals surface area contributed by atoms with E-state index in [9.17, 15) is 18.0 Å². The summed E-state index contributed by atoms with van der Waals surface area (Å²) < 4.78 is 43.7. The maximum atomic E-state index is 12.0. The number of fused-ring (bicyclic) bond motifs is 1. The largest absolute Gasteiger partial charge is 0.573 e. The molecular formula is C22H23F3N2O3S. The molecule has 3 aromatic rings. The van der Waals surface area contributed by atoms with Gasteiger partial charge in [-0.2, -0.15) is 11.3 Å². The highest BCUT2D eigenvalue weighted by Gasteiger charge is 2.30. The smallest absolute Gasteiger partial charge is 0.491 e. The standard InChI is InChI=1S/C13H12N2O2S.C7H5F3O.C2H6/c16-13(9-4-7-18-8-9)15-10-3-6-17-11-2-1-5-14-12(10)11;8-7(9,10)11-6-4-2-1-3-5-6;1-2/h1-2,4-5,7-8,10H,3,6H2,(H,15,16);1-5H;1-2H3. The molecule has 0 fully saturated rings. The Kier molecular flexibility index (Phi) is 9.33. The summed E-state index contributed by atoms with van der Waals surface area (Å²) in [6, 6.07) is 12.5. The van der Waals surface area contributed by atoms with E-state index in [1.165, 1.54) is 35.6 Å². The zero-order valence-electron chi connectivity index (χ0n) is 17.1. The van der Waals surface area contributed by atoms with Gasteiger partial charge in [-0.25, -0.2) is 0 Å². The van der Waals surface area contributed by atoms with Gasteiger partial charge in [0.2, 0.25) is 0 Å². The number of nitrogens with one attached hydrogen (secondary N) is 1. The lowest BCUT2D eigenvalue weighted by Crippen LogP contribution is -2.32.